The molecule has 2 N–H and O–H groups in total. The SMILES string of the molecule is CCOCC(C)Nc1ccc(O)cc1C. The molecule has 3 nitrogen and oxygen atoms in total. The zero-order chi connectivity index (χ0) is 11.3. The third-order valence-corrected chi connectivity index (χ3v) is 2.18. The number of anilines is 1. The maximum Gasteiger partial charge on any atom is 0.115 e. The Morgan fingerprint density at radius 1 is 1.47 bits per heavy atom. The van der Waals surface area contributed by atoms with Crippen molar-refractivity contribution in [2.45, 2.75) is 26.8 Å². The number of phenols is 1. The van der Waals surface area contributed by atoms with Gasteiger partial charge < -0.3 is 15.2 Å². The molecule has 1 aromatic rings. The number of phenolic OH excluding ortho intramolecular Hbond substituents is 1. The van der Waals surface area contributed by atoms with Crippen LogP contribution in [0.3, 0.4) is 0 Å². The Kier molecular flexibility index (Phi) is 4.43. The van der Waals surface area contributed by atoms with Crippen LogP contribution in [0.5, 0.6) is 5.75 Å². The van der Waals surface area contributed by atoms with Gasteiger partial charge in [0, 0.05) is 18.3 Å². The van der Waals surface area contributed by atoms with Crippen LogP contribution >= 0.6 is 0 Å². The lowest BCUT2D eigenvalue weighted by Gasteiger charge is -2.16. The molecule has 0 spiro atoms. The predicted molar refractivity (Wildman–Crippen MR) is 62.4 cm³/mol. The minimum absolute atomic E-state index is 0.271. The molecule has 0 aliphatic carbocycles. The summed E-state index contributed by atoms with van der Waals surface area (Å²) in [6.07, 6.45) is 0. The lowest BCUT2D eigenvalue weighted by molar-refractivity contribution is 0.141. The maximum absolute atomic E-state index is 9.26. The minimum Gasteiger partial charge on any atom is -0.508 e. The van der Waals surface area contributed by atoms with Crippen LogP contribution in [0, 0.1) is 6.92 Å². The maximum atomic E-state index is 9.26. The van der Waals surface area contributed by atoms with Crippen LogP contribution in [-0.2, 0) is 4.74 Å². The topological polar surface area (TPSA) is 41.5 Å². The summed E-state index contributed by atoms with van der Waals surface area (Å²) in [5.74, 6) is 0.301. The summed E-state index contributed by atoms with van der Waals surface area (Å²) in [5.41, 5.74) is 2.08. The standard InChI is InChI=1S/C12H19NO2/c1-4-15-8-10(3)13-12-6-5-11(14)7-9(12)2/h5-7,10,13-14H,4,8H2,1-3H3. The largest absolute Gasteiger partial charge is 0.508 e. The molecular weight excluding hydrogens is 190 g/mol. The van der Waals surface area contributed by atoms with E-state index in [1.54, 1.807) is 12.1 Å². The van der Waals surface area contributed by atoms with E-state index in [0.29, 0.717) is 12.4 Å². The van der Waals surface area contributed by atoms with Gasteiger partial charge in [0.05, 0.1) is 6.61 Å². The van der Waals surface area contributed by atoms with Gasteiger partial charge in [-0.15, -0.1) is 0 Å². The quantitative estimate of drug-likeness (QED) is 0.732. The summed E-state index contributed by atoms with van der Waals surface area (Å²) in [4.78, 5) is 0. The van der Waals surface area contributed by atoms with Gasteiger partial charge in [-0.1, -0.05) is 0 Å². The minimum atomic E-state index is 0.271. The molecule has 84 valence electrons. The Morgan fingerprint density at radius 2 is 2.20 bits per heavy atom. The first-order chi connectivity index (χ1) is 7.13. The first-order valence-corrected chi connectivity index (χ1v) is 5.27. The van der Waals surface area contributed by atoms with Crippen LogP contribution < -0.4 is 5.32 Å². The van der Waals surface area contributed by atoms with Crippen molar-refractivity contribution in [1.82, 2.24) is 0 Å². The van der Waals surface area contributed by atoms with Crippen LogP contribution in [-0.4, -0.2) is 24.4 Å². The first kappa shape index (κ1) is 11.9. The molecule has 0 aromatic heterocycles. The van der Waals surface area contributed by atoms with Crippen molar-refractivity contribution < 1.29 is 9.84 Å². The molecule has 0 bridgehead atoms. The van der Waals surface area contributed by atoms with E-state index in [1.165, 1.54) is 0 Å². The number of aromatic hydroxyl groups is 1. The lowest BCUT2D eigenvalue weighted by Crippen LogP contribution is -2.22. The summed E-state index contributed by atoms with van der Waals surface area (Å²) < 4.78 is 5.32. The van der Waals surface area contributed by atoms with E-state index in [-0.39, 0.29) is 6.04 Å². The van der Waals surface area contributed by atoms with Crippen molar-refractivity contribution >= 4 is 5.69 Å². The van der Waals surface area contributed by atoms with Gasteiger partial charge in [0.1, 0.15) is 5.75 Å². The van der Waals surface area contributed by atoms with Gasteiger partial charge >= 0.3 is 0 Å². The van der Waals surface area contributed by atoms with Gasteiger partial charge in [-0.05, 0) is 44.5 Å². The molecule has 3 heteroatoms. The number of nitrogens with one attached hydrogen (secondary N) is 1. The van der Waals surface area contributed by atoms with Crippen molar-refractivity contribution in [3.05, 3.63) is 23.8 Å². The molecule has 0 amide bonds. The monoisotopic (exact) mass is 209 g/mol. The highest BCUT2D eigenvalue weighted by Crippen LogP contribution is 2.20. The van der Waals surface area contributed by atoms with E-state index in [1.807, 2.05) is 19.9 Å². The van der Waals surface area contributed by atoms with Gasteiger partial charge in [0.25, 0.3) is 0 Å². The second kappa shape index (κ2) is 5.61. The van der Waals surface area contributed by atoms with Crippen LogP contribution in [0.25, 0.3) is 0 Å². The number of hydrogen-bond donors (Lipinski definition) is 2. The fourth-order valence-electron chi connectivity index (χ4n) is 1.41. The number of rotatable bonds is 5. The van der Waals surface area contributed by atoms with Gasteiger partial charge in [0.2, 0.25) is 0 Å². The van der Waals surface area contributed by atoms with Gasteiger partial charge in [-0.2, -0.15) is 0 Å². The van der Waals surface area contributed by atoms with Crippen LogP contribution in [0.2, 0.25) is 0 Å². The molecule has 0 aliphatic heterocycles. The van der Waals surface area contributed by atoms with Gasteiger partial charge in [-0.25, -0.2) is 0 Å². The van der Waals surface area contributed by atoms with Crippen LogP contribution in [0.15, 0.2) is 18.2 Å². The average molecular weight is 209 g/mol. The zero-order valence-electron chi connectivity index (χ0n) is 9.58. The molecule has 0 saturated carbocycles. The molecule has 0 fully saturated rings. The Bertz CT molecular complexity index is 312. The van der Waals surface area contributed by atoms with Crippen molar-refractivity contribution in [2.75, 3.05) is 18.5 Å². The van der Waals surface area contributed by atoms with E-state index < -0.39 is 0 Å². The van der Waals surface area contributed by atoms with Gasteiger partial charge in [0.15, 0.2) is 0 Å². The van der Waals surface area contributed by atoms with E-state index >= 15 is 0 Å². The van der Waals surface area contributed by atoms with Crippen LogP contribution in [0.1, 0.15) is 19.4 Å². The summed E-state index contributed by atoms with van der Waals surface area (Å²) in [7, 11) is 0. The average Bonchev–Trinajstić information content (AvgIpc) is 2.19. The third-order valence-electron chi connectivity index (χ3n) is 2.18. The predicted octanol–water partition coefficient (Wildman–Crippen LogP) is 2.54. The molecule has 15 heavy (non-hydrogen) atoms. The van der Waals surface area contributed by atoms with Crippen molar-refractivity contribution in [3.63, 3.8) is 0 Å². The van der Waals surface area contributed by atoms with E-state index in [0.717, 1.165) is 17.9 Å². The number of aryl methyl sites for hydroxylation is 1. The Morgan fingerprint density at radius 3 is 2.80 bits per heavy atom. The fraction of sp³-hybridized carbons (Fsp3) is 0.500. The number of hydrogen-bond acceptors (Lipinski definition) is 3. The summed E-state index contributed by atoms with van der Waals surface area (Å²) in [6, 6.07) is 5.58. The normalized spacial score (nSPS) is 12.5. The molecule has 1 atom stereocenters. The summed E-state index contributed by atoms with van der Waals surface area (Å²) in [6.45, 7) is 7.45. The highest BCUT2D eigenvalue weighted by Gasteiger charge is 2.04. The molecule has 1 aromatic carbocycles. The molecular formula is C12H19NO2. The summed E-state index contributed by atoms with van der Waals surface area (Å²) in [5, 5.41) is 12.6. The fourth-order valence-corrected chi connectivity index (χ4v) is 1.41. The van der Waals surface area contributed by atoms with Crippen molar-refractivity contribution in [2.24, 2.45) is 0 Å². The Labute approximate surface area is 91.1 Å². The highest BCUT2D eigenvalue weighted by molar-refractivity contribution is 5.53. The number of ether oxygens (including phenoxy) is 1. The van der Waals surface area contributed by atoms with Crippen molar-refractivity contribution in [3.8, 4) is 5.75 Å². The first-order valence-electron chi connectivity index (χ1n) is 5.27. The highest BCUT2D eigenvalue weighted by atomic mass is 16.5. The molecule has 0 aliphatic rings. The zero-order valence-corrected chi connectivity index (χ0v) is 9.58. The Hall–Kier alpha value is -1.22. The van der Waals surface area contributed by atoms with E-state index in [4.69, 9.17) is 4.74 Å². The molecule has 0 saturated heterocycles. The molecule has 1 rings (SSSR count). The molecule has 0 heterocycles. The lowest BCUT2D eigenvalue weighted by atomic mass is 10.2. The Balaban J connectivity index is 2.56. The third kappa shape index (κ3) is 3.80. The second-order valence-corrected chi connectivity index (χ2v) is 3.70. The van der Waals surface area contributed by atoms with E-state index in [9.17, 15) is 5.11 Å². The van der Waals surface area contributed by atoms with E-state index in [2.05, 4.69) is 12.2 Å². The molecule has 0 radical (unpaired) electrons. The van der Waals surface area contributed by atoms with Crippen molar-refractivity contribution in [1.29, 1.82) is 0 Å². The molecule has 1 unspecified atom stereocenters. The smallest absolute Gasteiger partial charge is 0.115 e. The van der Waals surface area contributed by atoms with Crippen LogP contribution in [0.4, 0.5) is 5.69 Å². The van der Waals surface area contributed by atoms with Gasteiger partial charge in [-0.3, -0.25) is 0 Å². The summed E-state index contributed by atoms with van der Waals surface area (Å²) >= 11 is 0. The number of benzene rings is 1. The second-order valence-electron chi connectivity index (χ2n) is 3.70.